The zero-order valence-corrected chi connectivity index (χ0v) is 10.2. The molecule has 2 rings (SSSR count). The first-order valence-electron chi connectivity index (χ1n) is 6.21. The summed E-state index contributed by atoms with van der Waals surface area (Å²) < 4.78 is 27.1. The van der Waals surface area contributed by atoms with Crippen molar-refractivity contribution in [2.45, 2.75) is 37.7 Å². The van der Waals surface area contributed by atoms with Gasteiger partial charge in [0.25, 0.3) is 0 Å². The van der Waals surface area contributed by atoms with E-state index >= 15 is 0 Å². The van der Waals surface area contributed by atoms with Crippen LogP contribution < -0.4 is 11.1 Å². The van der Waals surface area contributed by atoms with E-state index in [1.165, 1.54) is 0 Å². The first-order chi connectivity index (χ1) is 8.50. The molecule has 0 saturated heterocycles. The molecule has 4 N–H and O–H groups in total. The number of halogens is 2. The van der Waals surface area contributed by atoms with Crippen LogP contribution in [0.5, 0.6) is 0 Å². The normalized spacial score (nSPS) is 18.6. The largest absolute Gasteiger partial charge is 0.399 e. The second kappa shape index (κ2) is 5.10. The van der Waals surface area contributed by atoms with Crippen LogP contribution in [0.15, 0.2) is 12.1 Å². The average Bonchev–Trinajstić information content (AvgIpc) is 2.28. The van der Waals surface area contributed by atoms with Gasteiger partial charge in [-0.1, -0.05) is 19.3 Å². The zero-order chi connectivity index (χ0) is 13.2. The quantitative estimate of drug-likeness (QED) is 0.729. The molecule has 1 aromatic rings. The van der Waals surface area contributed by atoms with E-state index in [0.717, 1.165) is 31.4 Å². The molecule has 1 aliphatic rings. The molecule has 1 fully saturated rings. The third-order valence-electron chi connectivity index (χ3n) is 3.44. The van der Waals surface area contributed by atoms with Crippen LogP contribution in [0.3, 0.4) is 0 Å². The molecule has 0 aliphatic heterocycles. The lowest BCUT2D eigenvalue weighted by Gasteiger charge is -2.32. The molecule has 0 amide bonds. The summed E-state index contributed by atoms with van der Waals surface area (Å²) in [6.45, 7) is 0.157. The second-order valence-electron chi connectivity index (χ2n) is 5.00. The number of hydrogen-bond donors (Lipinski definition) is 3. The van der Waals surface area contributed by atoms with E-state index in [1.807, 2.05) is 0 Å². The number of benzene rings is 1. The highest BCUT2D eigenvalue weighted by atomic mass is 19.1. The molecule has 3 nitrogen and oxygen atoms in total. The van der Waals surface area contributed by atoms with E-state index in [4.69, 9.17) is 5.73 Å². The van der Waals surface area contributed by atoms with Crippen molar-refractivity contribution < 1.29 is 13.9 Å². The van der Waals surface area contributed by atoms with Crippen molar-refractivity contribution in [3.05, 3.63) is 23.8 Å². The Balaban J connectivity index is 2.06. The van der Waals surface area contributed by atoms with E-state index in [-0.39, 0.29) is 17.9 Å². The highest BCUT2D eigenvalue weighted by Gasteiger charge is 2.29. The summed E-state index contributed by atoms with van der Waals surface area (Å²) in [4.78, 5) is 0. The average molecular weight is 256 g/mol. The molecular formula is C13H18F2N2O. The van der Waals surface area contributed by atoms with Crippen LogP contribution in [0, 0.1) is 11.6 Å². The van der Waals surface area contributed by atoms with Crippen LogP contribution in [-0.2, 0) is 0 Å². The van der Waals surface area contributed by atoms with Crippen molar-refractivity contribution in [3.63, 3.8) is 0 Å². The molecule has 1 aliphatic carbocycles. The third kappa shape index (κ3) is 2.90. The molecule has 0 aromatic heterocycles. The molecule has 5 heteroatoms. The van der Waals surface area contributed by atoms with E-state index in [9.17, 15) is 13.9 Å². The van der Waals surface area contributed by atoms with Gasteiger partial charge < -0.3 is 16.2 Å². The van der Waals surface area contributed by atoms with Gasteiger partial charge in [0.05, 0.1) is 5.60 Å². The van der Waals surface area contributed by atoms with Crippen molar-refractivity contribution in [1.82, 2.24) is 0 Å². The van der Waals surface area contributed by atoms with Crippen LogP contribution in [0.25, 0.3) is 0 Å². The zero-order valence-electron chi connectivity index (χ0n) is 10.2. The van der Waals surface area contributed by atoms with Crippen molar-refractivity contribution in [1.29, 1.82) is 0 Å². The highest BCUT2D eigenvalue weighted by molar-refractivity contribution is 5.54. The van der Waals surface area contributed by atoms with Gasteiger partial charge in [0.15, 0.2) is 11.6 Å². The maximum Gasteiger partial charge on any atom is 0.151 e. The van der Waals surface area contributed by atoms with Crippen molar-refractivity contribution in [2.24, 2.45) is 0 Å². The Hall–Kier alpha value is -1.36. The Kier molecular flexibility index (Phi) is 3.71. The fourth-order valence-electron chi connectivity index (χ4n) is 2.40. The molecule has 1 saturated carbocycles. The summed E-state index contributed by atoms with van der Waals surface area (Å²) in [5.41, 5.74) is 4.30. The lowest BCUT2D eigenvalue weighted by molar-refractivity contribution is 0.0166. The first kappa shape index (κ1) is 13.1. The first-order valence-corrected chi connectivity index (χ1v) is 6.21. The van der Waals surface area contributed by atoms with Crippen molar-refractivity contribution >= 4 is 11.4 Å². The van der Waals surface area contributed by atoms with E-state index in [2.05, 4.69) is 5.32 Å². The number of nitrogens with two attached hydrogens (primary N) is 1. The minimum absolute atomic E-state index is 0.0481. The number of aliphatic hydroxyl groups is 1. The SMILES string of the molecule is Nc1cc(F)c(NCC2(O)CCCCC2)c(F)c1. The molecule has 0 unspecified atom stereocenters. The van der Waals surface area contributed by atoms with Gasteiger partial charge in [-0.2, -0.15) is 0 Å². The predicted molar refractivity (Wildman–Crippen MR) is 67.3 cm³/mol. The summed E-state index contributed by atoms with van der Waals surface area (Å²) in [7, 11) is 0. The van der Waals surface area contributed by atoms with E-state index in [0.29, 0.717) is 12.8 Å². The monoisotopic (exact) mass is 256 g/mol. The summed E-state index contributed by atoms with van der Waals surface area (Å²) >= 11 is 0. The van der Waals surface area contributed by atoms with Crippen LogP contribution in [-0.4, -0.2) is 17.3 Å². The molecule has 0 bridgehead atoms. The number of nitrogens with one attached hydrogen (secondary N) is 1. The van der Waals surface area contributed by atoms with Gasteiger partial charge in [0, 0.05) is 12.2 Å². The Labute approximate surface area is 105 Å². The van der Waals surface area contributed by atoms with Crippen LogP contribution in [0.1, 0.15) is 32.1 Å². The summed E-state index contributed by atoms with van der Waals surface area (Å²) in [5, 5.41) is 12.9. The molecule has 0 radical (unpaired) electrons. The van der Waals surface area contributed by atoms with Gasteiger partial charge in [-0.15, -0.1) is 0 Å². The van der Waals surface area contributed by atoms with Crippen LogP contribution in [0.2, 0.25) is 0 Å². The standard InChI is InChI=1S/C13H18F2N2O/c14-10-6-9(16)7-11(15)12(10)17-8-13(18)4-2-1-3-5-13/h6-7,17-18H,1-5,8,16H2. The minimum atomic E-state index is -0.863. The molecule has 0 spiro atoms. The minimum Gasteiger partial charge on any atom is -0.399 e. The van der Waals surface area contributed by atoms with Crippen LogP contribution >= 0.6 is 0 Å². The lowest BCUT2D eigenvalue weighted by atomic mass is 9.85. The fraction of sp³-hybridized carbons (Fsp3) is 0.538. The smallest absolute Gasteiger partial charge is 0.151 e. The Morgan fingerprint density at radius 1 is 1.17 bits per heavy atom. The fourth-order valence-corrected chi connectivity index (χ4v) is 2.40. The van der Waals surface area contributed by atoms with E-state index in [1.54, 1.807) is 0 Å². The maximum absolute atomic E-state index is 13.5. The molecule has 0 heterocycles. The summed E-state index contributed by atoms with van der Waals surface area (Å²) in [5.74, 6) is -1.46. The summed E-state index contributed by atoms with van der Waals surface area (Å²) in [6, 6.07) is 2.13. The maximum atomic E-state index is 13.5. The molecule has 100 valence electrons. The Morgan fingerprint density at radius 2 is 1.72 bits per heavy atom. The number of anilines is 2. The number of rotatable bonds is 3. The molecular weight excluding hydrogens is 238 g/mol. The van der Waals surface area contributed by atoms with Crippen molar-refractivity contribution in [3.8, 4) is 0 Å². The van der Waals surface area contributed by atoms with Gasteiger partial charge in [-0.3, -0.25) is 0 Å². The van der Waals surface area contributed by atoms with Crippen LogP contribution in [0.4, 0.5) is 20.2 Å². The second-order valence-corrected chi connectivity index (χ2v) is 5.00. The number of nitrogen functional groups attached to an aromatic ring is 1. The Morgan fingerprint density at radius 3 is 2.28 bits per heavy atom. The molecule has 18 heavy (non-hydrogen) atoms. The number of hydrogen-bond acceptors (Lipinski definition) is 3. The summed E-state index contributed by atoms with van der Waals surface area (Å²) in [6.07, 6.45) is 4.33. The lowest BCUT2D eigenvalue weighted by Crippen LogP contribution is -2.39. The predicted octanol–water partition coefficient (Wildman–Crippen LogP) is 2.65. The van der Waals surface area contributed by atoms with Gasteiger partial charge in [-0.25, -0.2) is 8.78 Å². The van der Waals surface area contributed by atoms with Gasteiger partial charge in [0.2, 0.25) is 0 Å². The van der Waals surface area contributed by atoms with E-state index < -0.39 is 17.2 Å². The highest BCUT2D eigenvalue weighted by Crippen LogP contribution is 2.29. The third-order valence-corrected chi connectivity index (χ3v) is 3.44. The van der Waals surface area contributed by atoms with Gasteiger partial charge >= 0.3 is 0 Å². The molecule has 0 atom stereocenters. The van der Waals surface area contributed by atoms with Gasteiger partial charge in [0.1, 0.15) is 5.69 Å². The molecule has 1 aromatic carbocycles. The van der Waals surface area contributed by atoms with Crippen molar-refractivity contribution in [2.75, 3.05) is 17.6 Å². The van der Waals surface area contributed by atoms with Gasteiger partial charge in [-0.05, 0) is 25.0 Å². The topological polar surface area (TPSA) is 58.3 Å². The Bertz CT molecular complexity index is 408.